The number of amides is 1. The van der Waals surface area contributed by atoms with Crippen molar-refractivity contribution in [2.24, 2.45) is 0 Å². The SMILES string of the molecule is C[C@@H]1CCS[C@H]2Cn3cc(-c4nnc(Cc5ccc(F)cc5F)s4)c(=O)c(O)c3C(=O)N12. The van der Waals surface area contributed by atoms with E-state index in [-0.39, 0.29) is 45.6 Å². The zero-order chi connectivity index (χ0) is 22.6. The summed E-state index contributed by atoms with van der Waals surface area (Å²) >= 11 is 2.76. The number of carbonyl (C=O) groups is 1. The van der Waals surface area contributed by atoms with E-state index in [1.165, 1.54) is 18.3 Å². The lowest BCUT2D eigenvalue weighted by Crippen LogP contribution is -2.53. The smallest absolute Gasteiger partial charge is 0.275 e. The van der Waals surface area contributed by atoms with Gasteiger partial charge in [0, 0.05) is 24.7 Å². The fourth-order valence-corrected chi connectivity index (χ4v) is 6.42. The van der Waals surface area contributed by atoms with Crippen molar-refractivity contribution in [2.75, 3.05) is 5.75 Å². The van der Waals surface area contributed by atoms with E-state index in [0.717, 1.165) is 29.6 Å². The predicted octanol–water partition coefficient (Wildman–Crippen LogP) is 3.25. The molecule has 2 atom stereocenters. The summed E-state index contributed by atoms with van der Waals surface area (Å²) in [6.45, 7) is 2.42. The van der Waals surface area contributed by atoms with Crippen molar-refractivity contribution in [1.29, 1.82) is 0 Å². The quantitative estimate of drug-likeness (QED) is 0.625. The van der Waals surface area contributed by atoms with Crippen LogP contribution in [0.15, 0.2) is 29.2 Å². The highest BCUT2D eigenvalue weighted by Gasteiger charge is 2.40. The summed E-state index contributed by atoms with van der Waals surface area (Å²) < 4.78 is 28.7. The molecule has 166 valence electrons. The fourth-order valence-electron chi connectivity index (χ4n) is 4.07. The lowest BCUT2D eigenvalue weighted by atomic mass is 10.1. The van der Waals surface area contributed by atoms with Crippen LogP contribution in [0.4, 0.5) is 8.78 Å². The van der Waals surface area contributed by atoms with Gasteiger partial charge < -0.3 is 14.6 Å². The Labute approximate surface area is 189 Å². The average Bonchev–Trinajstić information content (AvgIpc) is 3.21. The molecule has 4 heterocycles. The molecule has 1 fully saturated rings. The van der Waals surface area contributed by atoms with Gasteiger partial charge in [-0.3, -0.25) is 9.59 Å². The Morgan fingerprint density at radius 1 is 1.25 bits per heavy atom. The third kappa shape index (κ3) is 3.49. The number of halogens is 2. The van der Waals surface area contributed by atoms with Crippen molar-refractivity contribution in [3.8, 4) is 16.3 Å². The van der Waals surface area contributed by atoms with Gasteiger partial charge in [0.05, 0.1) is 17.5 Å². The number of pyridine rings is 1. The second-order valence-electron chi connectivity index (χ2n) is 7.81. The topological polar surface area (TPSA) is 88.3 Å². The first-order chi connectivity index (χ1) is 15.3. The van der Waals surface area contributed by atoms with Gasteiger partial charge in [0.25, 0.3) is 5.91 Å². The van der Waals surface area contributed by atoms with Crippen LogP contribution in [-0.2, 0) is 13.0 Å². The maximum Gasteiger partial charge on any atom is 0.275 e. The standard InChI is InChI=1S/C21H18F2N4O3S2/c1-10-4-5-31-16-9-26-8-13(18(28)19(29)17(26)21(30)27(10)16)20-25-24-15(32-20)6-11-2-3-12(22)7-14(11)23/h2-3,7-8,10,16,29H,4-6,9H2,1H3/t10-,16+/m1/s1. The highest BCUT2D eigenvalue weighted by molar-refractivity contribution is 7.99. The first-order valence-electron chi connectivity index (χ1n) is 10.0. The second-order valence-corrected chi connectivity index (χ2v) is 10.2. The molecule has 0 spiro atoms. The van der Waals surface area contributed by atoms with E-state index in [1.807, 2.05) is 6.92 Å². The summed E-state index contributed by atoms with van der Waals surface area (Å²) in [4.78, 5) is 27.7. The number of fused-ring (bicyclic) bond motifs is 2. The number of aromatic nitrogens is 3. The highest BCUT2D eigenvalue weighted by atomic mass is 32.2. The number of carbonyl (C=O) groups excluding carboxylic acids is 1. The van der Waals surface area contributed by atoms with Gasteiger partial charge in [0.1, 0.15) is 16.6 Å². The average molecular weight is 477 g/mol. The Morgan fingerprint density at radius 3 is 2.84 bits per heavy atom. The number of nitrogens with zero attached hydrogens (tertiary/aromatic N) is 4. The van der Waals surface area contributed by atoms with Gasteiger partial charge in [0.2, 0.25) is 5.43 Å². The van der Waals surface area contributed by atoms with Crippen LogP contribution in [0.25, 0.3) is 10.6 Å². The molecule has 5 rings (SSSR count). The molecule has 1 amide bonds. The predicted molar refractivity (Wildman–Crippen MR) is 117 cm³/mol. The lowest BCUT2D eigenvalue weighted by molar-refractivity contribution is 0.0575. The minimum absolute atomic E-state index is 0.0116. The fraction of sp³-hybridized carbons (Fsp3) is 0.333. The third-order valence-electron chi connectivity index (χ3n) is 5.73. The van der Waals surface area contributed by atoms with Crippen LogP contribution in [0.5, 0.6) is 5.75 Å². The van der Waals surface area contributed by atoms with Crippen LogP contribution in [0.3, 0.4) is 0 Å². The minimum Gasteiger partial charge on any atom is -0.503 e. The second kappa shape index (κ2) is 7.96. The van der Waals surface area contributed by atoms with Crippen LogP contribution in [0.1, 0.15) is 34.4 Å². The Morgan fingerprint density at radius 2 is 2.06 bits per heavy atom. The van der Waals surface area contributed by atoms with Crippen molar-refractivity contribution >= 4 is 29.0 Å². The van der Waals surface area contributed by atoms with E-state index in [4.69, 9.17) is 0 Å². The zero-order valence-corrected chi connectivity index (χ0v) is 18.6. The first kappa shape index (κ1) is 21.1. The number of thioether (sulfide) groups is 1. The van der Waals surface area contributed by atoms with Gasteiger partial charge in [0.15, 0.2) is 16.5 Å². The summed E-state index contributed by atoms with van der Waals surface area (Å²) in [5.41, 5.74) is -0.323. The molecule has 2 aliphatic rings. The van der Waals surface area contributed by atoms with Crippen molar-refractivity contribution in [1.82, 2.24) is 19.7 Å². The highest BCUT2D eigenvalue weighted by Crippen LogP contribution is 2.36. The van der Waals surface area contributed by atoms with Crippen LogP contribution < -0.4 is 5.43 Å². The molecule has 2 aliphatic heterocycles. The van der Waals surface area contributed by atoms with E-state index in [2.05, 4.69) is 10.2 Å². The molecule has 0 unspecified atom stereocenters. The van der Waals surface area contributed by atoms with Crippen LogP contribution in [0.2, 0.25) is 0 Å². The van der Waals surface area contributed by atoms with Gasteiger partial charge in [-0.1, -0.05) is 17.4 Å². The van der Waals surface area contributed by atoms with Crippen LogP contribution in [-0.4, -0.2) is 47.8 Å². The third-order valence-corrected chi connectivity index (χ3v) is 7.92. The Balaban J connectivity index is 1.50. The molecule has 7 nitrogen and oxygen atoms in total. The summed E-state index contributed by atoms with van der Waals surface area (Å²) in [5.74, 6) is -1.37. The molecule has 32 heavy (non-hydrogen) atoms. The van der Waals surface area contributed by atoms with Crippen LogP contribution >= 0.6 is 23.1 Å². The van der Waals surface area contributed by atoms with E-state index < -0.39 is 22.8 Å². The number of aromatic hydroxyl groups is 1. The monoisotopic (exact) mass is 476 g/mol. The molecule has 0 aliphatic carbocycles. The Kier molecular flexibility index (Phi) is 5.25. The summed E-state index contributed by atoms with van der Waals surface area (Å²) in [5, 5.41) is 19.3. The normalized spacial score (nSPS) is 20.2. The van der Waals surface area contributed by atoms with E-state index >= 15 is 0 Å². The number of rotatable bonds is 3. The first-order valence-corrected chi connectivity index (χ1v) is 11.9. The molecular weight excluding hydrogens is 458 g/mol. The molecular formula is C21H18F2N4O3S2. The molecule has 0 radical (unpaired) electrons. The summed E-state index contributed by atoms with van der Waals surface area (Å²) in [7, 11) is 0. The van der Waals surface area contributed by atoms with Gasteiger partial charge in [-0.2, -0.15) is 0 Å². The van der Waals surface area contributed by atoms with Crippen molar-refractivity contribution in [3.63, 3.8) is 0 Å². The largest absolute Gasteiger partial charge is 0.503 e. The Bertz CT molecular complexity index is 1290. The summed E-state index contributed by atoms with van der Waals surface area (Å²) in [6.07, 6.45) is 2.49. The van der Waals surface area contributed by atoms with Crippen molar-refractivity contribution in [3.05, 3.63) is 62.5 Å². The molecule has 3 aromatic rings. The van der Waals surface area contributed by atoms with Crippen molar-refractivity contribution in [2.45, 2.75) is 37.7 Å². The van der Waals surface area contributed by atoms with Gasteiger partial charge in [-0.05, 0) is 30.7 Å². The molecule has 11 heteroatoms. The van der Waals surface area contributed by atoms with Gasteiger partial charge >= 0.3 is 0 Å². The van der Waals surface area contributed by atoms with Crippen molar-refractivity contribution < 1.29 is 18.7 Å². The lowest BCUT2D eigenvalue weighted by Gasteiger charge is -2.44. The molecule has 1 N–H and O–H groups in total. The maximum absolute atomic E-state index is 14.0. The zero-order valence-electron chi connectivity index (χ0n) is 16.9. The van der Waals surface area contributed by atoms with E-state index in [9.17, 15) is 23.5 Å². The number of hydrogen-bond acceptors (Lipinski definition) is 7. The van der Waals surface area contributed by atoms with Crippen LogP contribution in [0, 0.1) is 11.6 Å². The van der Waals surface area contributed by atoms with Gasteiger partial charge in [-0.25, -0.2) is 8.78 Å². The van der Waals surface area contributed by atoms with E-state index in [1.54, 1.807) is 21.2 Å². The molecule has 1 aromatic carbocycles. The molecule has 0 bridgehead atoms. The molecule has 0 saturated carbocycles. The maximum atomic E-state index is 14.0. The van der Waals surface area contributed by atoms with Gasteiger partial charge in [-0.15, -0.1) is 22.0 Å². The molecule has 2 aromatic heterocycles. The van der Waals surface area contributed by atoms with E-state index in [0.29, 0.717) is 11.6 Å². The number of benzene rings is 1. The minimum atomic E-state index is -0.698. The summed E-state index contributed by atoms with van der Waals surface area (Å²) in [6, 6.07) is 3.34. The Hall–Kier alpha value is -2.79. The number of hydrogen-bond donors (Lipinski definition) is 1. The molecule has 1 saturated heterocycles.